The lowest BCUT2D eigenvalue weighted by Gasteiger charge is -2.06. The number of hydrogen-bond donors (Lipinski definition) is 2. The number of carbonyl (C=O) groups excluding carboxylic acids is 1. The van der Waals surface area contributed by atoms with Gasteiger partial charge in [0.05, 0.1) is 11.5 Å². The van der Waals surface area contributed by atoms with Crippen LogP contribution in [0.25, 0.3) is 6.08 Å². The molecule has 2 N–H and O–H groups in total. The topological polar surface area (TPSA) is 58.6 Å². The lowest BCUT2D eigenvalue weighted by Crippen LogP contribution is -2.17. The van der Waals surface area contributed by atoms with E-state index in [4.69, 9.17) is 17.0 Å². The number of aromatic hydroxyl groups is 1. The molecule has 1 aromatic rings. The van der Waals surface area contributed by atoms with Gasteiger partial charge in [-0.05, 0) is 30.7 Å². The zero-order valence-corrected chi connectivity index (χ0v) is 11.2. The number of rotatable bonds is 3. The minimum Gasteiger partial charge on any atom is -0.504 e. The number of carbonyl (C=O) groups is 1. The fraction of sp³-hybridized carbons (Fsp3) is 0.167. The van der Waals surface area contributed by atoms with Gasteiger partial charge in [0.25, 0.3) is 5.91 Å². The van der Waals surface area contributed by atoms with Crippen molar-refractivity contribution in [2.24, 2.45) is 0 Å². The second-order valence-electron chi connectivity index (χ2n) is 3.51. The molecule has 0 atom stereocenters. The first kappa shape index (κ1) is 12.9. The van der Waals surface area contributed by atoms with Gasteiger partial charge in [-0.1, -0.05) is 30.0 Å². The number of ether oxygens (including phenoxy) is 1. The van der Waals surface area contributed by atoms with E-state index in [2.05, 4.69) is 5.32 Å². The SMILES string of the molecule is CCOc1cc(C=C2SC(=S)NC2=O)ccc1O. The van der Waals surface area contributed by atoms with Crippen LogP contribution in [0.3, 0.4) is 0 Å². The average Bonchev–Trinajstić information content (AvgIpc) is 2.62. The smallest absolute Gasteiger partial charge is 0.263 e. The lowest BCUT2D eigenvalue weighted by atomic mass is 10.2. The Hall–Kier alpha value is -1.53. The molecule has 1 aromatic carbocycles. The van der Waals surface area contributed by atoms with E-state index in [0.29, 0.717) is 21.6 Å². The van der Waals surface area contributed by atoms with Crippen LogP contribution in [0.4, 0.5) is 0 Å². The molecule has 1 saturated heterocycles. The Kier molecular flexibility index (Phi) is 3.88. The van der Waals surface area contributed by atoms with Gasteiger partial charge in [0.15, 0.2) is 11.5 Å². The van der Waals surface area contributed by atoms with E-state index in [-0.39, 0.29) is 11.7 Å². The van der Waals surface area contributed by atoms with Crippen molar-refractivity contribution in [3.8, 4) is 11.5 Å². The highest BCUT2D eigenvalue weighted by molar-refractivity contribution is 8.26. The molecule has 0 unspecified atom stereocenters. The van der Waals surface area contributed by atoms with E-state index in [1.165, 1.54) is 17.8 Å². The standard InChI is InChI=1S/C12H11NO3S2/c1-2-16-9-5-7(3-4-8(9)14)6-10-11(15)13-12(17)18-10/h3-6,14H,2H2,1H3,(H,13,15,17). The molecule has 0 aromatic heterocycles. The summed E-state index contributed by atoms with van der Waals surface area (Å²) in [6.45, 7) is 2.30. The number of phenols is 1. The van der Waals surface area contributed by atoms with Crippen LogP contribution in [-0.4, -0.2) is 21.9 Å². The Morgan fingerprint density at radius 2 is 2.33 bits per heavy atom. The van der Waals surface area contributed by atoms with Crippen LogP contribution in [0.15, 0.2) is 23.1 Å². The molecule has 0 bridgehead atoms. The largest absolute Gasteiger partial charge is 0.504 e. The van der Waals surface area contributed by atoms with Gasteiger partial charge in [-0.15, -0.1) is 0 Å². The summed E-state index contributed by atoms with van der Waals surface area (Å²) in [6, 6.07) is 4.92. The van der Waals surface area contributed by atoms with Crippen molar-refractivity contribution in [1.82, 2.24) is 5.32 Å². The van der Waals surface area contributed by atoms with Crippen molar-refractivity contribution in [2.75, 3.05) is 6.61 Å². The van der Waals surface area contributed by atoms with Crippen molar-refractivity contribution < 1.29 is 14.6 Å². The Labute approximate surface area is 114 Å². The second kappa shape index (κ2) is 5.41. The van der Waals surface area contributed by atoms with Crippen LogP contribution in [0.5, 0.6) is 11.5 Å². The number of thioether (sulfide) groups is 1. The summed E-state index contributed by atoms with van der Waals surface area (Å²) >= 11 is 6.12. The first-order valence-corrected chi connectivity index (χ1v) is 6.53. The molecular weight excluding hydrogens is 270 g/mol. The van der Waals surface area contributed by atoms with Crippen LogP contribution >= 0.6 is 24.0 Å². The molecule has 0 saturated carbocycles. The maximum atomic E-state index is 11.5. The summed E-state index contributed by atoms with van der Waals surface area (Å²) in [5.41, 5.74) is 0.776. The lowest BCUT2D eigenvalue weighted by molar-refractivity contribution is -0.115. The number of phenolic OH excluding ortho intramolecular Hbond substituents is 1. The quantitative estimate of drug-likeness (QED) is 0.657. The van der Waals surface area contributed by atoms with E-state index in [1.54, 1.807) is 18.2 Å². The van der Waals surface area contributed by atoms with E-state index in [1.807, 2.05) is 6.92 Å². The number of hydrogen-bond acceptors (Lipinski definition) is 5. The molecule has 2 rings (SSSR count). The number of thiocarbonyl (C=S) groups is 1. The zero-order valence-electron chi connectivity index (χ0n) is 9.60. The van der Waals surface area contributed by atoms with Crippen molar-refractivity contribution in [2.45, 2.75) is 6.92 Å². The van der Waals surface area contributed by atoms with E-state index < -0.39 is 0 Å². The zero-order chi connectivity index (χ0) is 13.1. The van der Waals surface area contributed by atoms with Gasteiger partial charge in [0.2, 0.25) is 0 Å². The highest BCUT2D eigenvalue weighted by atomic mass is 32.2. The Balaban J connectivity index is 2.29. The van der Waals surface area contributed by atoms with Gasteiger partial charge in [-0.25, -0.2) is 0 Å². The Bertz CT molecular complexity index is 540. The first-order valence-electron chi connectivity index (χ1n) is 5.31. The summed E-state index contributed by atoms with van der Waals surface area (Å²) in [6.07, 6.45) is 1.71. The first-order chi connectivity index (χ1) is 8.60. The highest BCUT2D eigenvalue weighted by Crippen LogP contribution is 2.30. The molecule has 0 spiro atoms. The van der Waals surface area contributed by atoms with Gasteiger partial charge in [0.1, 0.15) is 4.32 Å². The average molecular weight is 281 g/mol. The third kappa shape index (κ3) is 2.83. The van der Waals surface area contributed by atoms with Crippen LogP contribution in [0.1, 0.15) is 12.5 Å². The molecule has 1 aliphatic heterocycles. The molecule has 18 heavy (non-hydrogen) atoms. The normalized spacial score (nSPS) is 17.1. The molecule has 6 heteroatoms. The van der Waals surface area contributed by atoms with Crippen LogP contribution < -0.4 is 10.1 Å². The summed E-state index contributed by atoms with van der Waals surface area (Å²) < 4.78 is 5.73. The third-order valence-electron chi connectivity index (χ3n) is 2.22. The van der Waals surface area contributed by atoms with E-state index >= 15 is 0 Å². The van der Waals surface area contributed by atoms with Crippen molar-refractivity contribution in [3.63, 3.8) is 0 Å². The van der Waals surface area contributed by atoms with Crippen LogP contribution in [0.2, 0.25) is 0 Å². The molecule has 1 amide bonds. The van der Waals surface area contributed by atoms with Gasteiger partial charge in [-0.3, -0.25) is 4.79 Å². The number of amides is 1. The molecule has 94 valence electrons. The van der Waals surface area contributed by atoms with E-state index in [0.717, 1.165) is 5.56 Å². The van der Waals surface area contributed by atoms with Gasteiger partial charge < -0.3 is 15.2 Å². The molecule has 1 heterocycles. The molecule has 0 radical (unpaired) electrons. The van der Waals surface area contributed by atoms with Crippen molar-refractivity contribution in [3.05, 3.63) is 28.7 Å². The van der Waals surface area contributed by atoms with Crippen LogP contribution in [-0.2, 0) is 4.79 Å². The fourth-order valence-electron chi connectivity index (χ4n) is 1.46. The maximum absolute atomic E-state index is 11.5. The van der Waals surface area contributed by atoms with Gasteiger partial charge in [-0.2, -0.15) is 0 Å². The summed E-state index contributed by atoms with van der Waals surface area (Å²) in [5.74, 6) is 0.284. The van der Waals surface area contributed by atoms with Crippen molar-refractivity contribution >= 4 is 40.3 Å². The molecule has 4 nitrogen and oxygen atoms in total. The summed E-state index contributed by atoms with van der Waals surface area (Å²) in [4.78, 5) is 12.0. The van der Waals surface area contributed by atoms with E-state index in [9.17, 15) is 9.90 Å². The predicted octanol–water partition coefficient (Wildman–Crippen LogP) is 2.28. The summed E-state index contributed by atoms with van der Waals surface area (Å²) in [5, 5.41) is 12.1. The monoisotopic (exact) mass is 281 g/mol. The molecular formula is C12H11NO3S2. The fourth-order valence-corrected chi connectivity index (χ4v) is 2.51. The van der Waals surface area contributed by atoms with Gasteiger partial charge in [0, 0.05) is 0 Å². The molecule has 0 aliphatic carbocycles. The highest BCUT2D eigenvalue weighted by Gasteiger charge is 2.21. The van der Waals surface area contributed by atoms with Crippen molar-refractivity contribution in [1.29, 1.82) is 0 Å². The molecule has 1 aliphatic rings. The maximum Gasteiger partial charge on any atom is 0.263 e. The van der Waals surface area contributed by atoms with Gasteiger partial charge >= 0.3 is 0 Å². The molecule has 1 fully saturated rings. The number of nitrogens with one attached hydrogen (secondary N) is 1. The number of benzene rings is 1. The predicted molar refractivity (Wildman–Crippen MR) is 75.6 cm³/mol. The minimum absolute atomic E-state index is 0.0815. The Morgan fingerprint density at radius 1 is 1.56 bits per heavy atom. The minimum atomic E-state index is -0.198. The second-order valence-corrected chi connectivity index (χ2v) is 5.23. The third-order valence-corrected chi connectivity index (χ3v) is 3.39. The Morgan fingerprint density at radius 3 is 2.94 bits per heavy atom. The van der Waals surface area contributed by atoms with Crippen LogP contribution in [0, 0.1) is 0 Å². The summed E-state index contributed by atoms with van der Waals surface area (Å²) in [7, 11) is 0.